The number of amides is 4. The summed E-state index contributed by atoms with van der Waals surface area (Å²) in [6.07, 6.45) is 0.581. The molecular weight excluding hydrogens is 478 g/mol. The van der Waals surface area contributed by atoms with Crippen LogP contribution in [0.5, 0.6) is 0 Å². The summed E-state index contributed by atoms with van der Waals surface area (Å²) in [4.78, 5) is 58.6. The number of anilines is 3. The van der Waals surface area contributed by atoms with Gasteiger partial charge in [0, 0.05) is 0 Å². The van der Waals surface area contributed by atoms with Gasteiger partial charge in [-0.3, -0.25) is 10.1 Å². The van der Waals surface area contributed by atoms with Crippen LogP contribution in [0.2, 0.25) is 0 Å². The first-order valence-electron chi connectivity index (χ1n) is 10.5. The van der Waals surface area contributed by atoms with Gasteiger partial charge in [0.15, 0.2) is 17.7 Å². The Balaban J connectivity index is 2.46. The van der Waals surface area contributed by atoms with Gasteiger partial charge >= 0.3 is 18.3 Å². The molecule has 0 aromatic carbocycles. The third-order valence-corrected chi connectivity index (χ3v) is 4.10. The van der Waals surface area contributed by atoms with Crippen molar-refractivity contribution in [2.75, 3.05) is 42.0 Å². The number of aromatic nitrogens is 2. The van der Waals surface area contributed by atoms with Gasteiger partial charge in [0.25, 0.3) is 5.91 Å². The summed E-state index contributed by atoms with van der Waals surface area (Å²) in [6, 6.07) is 0. The van der Waals surface area contributed by atoms with Crippen molar-refractivity contribution < 1.29 is 42.9 Å². The fourth-order valence-electron chi connectivity index (χ4n) is 2.62. The van der Waals surface area contributed by atoms with Crippen LogP contribution in [0.15, 0.2) is 44.2 Å². The third kappa shape index (κ3) is 7.89. The summed E-state index contributed by atoms with van der Waals surface area (Å²) < 4.78 is 25.7. The highest BCUT2D eigenvalue weighted by Gasteiger charge is 2.38. The van der Waals surface area contributed by atoms with Gasteiger partial charge in [-0.05, 0) is 13.8 Å². The number of nitrogens with zero attached hydrogens (tertiary/aromatic N) is 3. The maximum absolute atomic E-state index is 12.8. The van der Waals surface area contributed by atoms with E-state index >= 15 is 0 Å². The molecule has 1 aromatic rings. The first-order valence-corrected chi connectivity index (χ1v) is 10.5. The predicted octanol–water partition coefficient (Wildman–Crippen LogP) is 2.75. The van der Waals surface area contributed by atoms with E-state index in [9.17, 15) is 19.2 Å². The fourth-order valence-corrected chi connectivity index (χ4v) is 2.62. The first kappa shape index (κ1) is 27.9. The van der Waals surface area contributed by atoms with E-state index in [1.165, 1.54) is 18.2 Å². The molecule has 1 aliphatic rings. The van der Waals surface area contributed by atoms with Crippen molar-refractivity contribution in [2.45, 2.75) is 25.7 Å². The van der Waals surface area contributed by atoms with Gasteiger partial charge in [0.2, 0.25) is 5.95 Å². The predicted molar refractivity (Wildman–Crippen MR) is 126 cm³/mol. The number of ether oxygens (including phenoxy) is 5. The minimum absolute atomic E-state index is 0.0454. The van der Waals surface area contributed by atoms with E-state index in [0.29, 0.717) is 4.90 Å². The van der Waals surface area contributed by atoms with E-state index in [0.717, 1.165) is 6.20 Å². The lowest BCUT2D eigenvalue weighted by Crippen LogP contribution is -2.40. The second kappa shape index (κ2) is 13.0. The molecule has 4 amide bonds. The van der Waals surface area contributed by atoms with Crippen molar-refractivity contribution in [2.24, 2.45) is 0 Å². The molecule has 1 aliphatic heterocycles. The van der Waals surface area contributed by atoms with Gasteiger partial charge in [0.1, 0.15) is 25.5 Å². The number of nitrogens with one attached hydrogen (secondary N) is 2. The molecule has 0 bridgehead atoms. The van der Waals surface area contributed by atoms with E-state index in [-0.39, 0.29) is 38.1 Å². The standard InChI is InChI=1S/C22H27N5O9/c1-6-9-32-19(29)26-18-23-12-14(24-17(28)15-13-35-22(4,5)36-15)16(25-18)27(20(30)33-10-7-2)21(31)34-11-8-3/h6-8,12,15H,1-3,9-11,13H2,4-5H3,(H,24,28)(H,23,25,26,29)/t15-/m1/s1. The SMILES string of the molecule is C=CCOC(=O)Nc1ncc(NC(=O)[C@H]2COC(C)(C)O2)c(N(C(=O)OCC=C)C(=O)OCC=C)n1. The van der Waals surface area contributed by atoms with Crippen LogP contribution in [-0.4, -0.2) is 72.5 Å². The van der Waals surface area contributed by atoms with E-state index in [2.05, 4.69) is 40.3 Å². The van der Waals surface area contributed by atoms with Crippen LogP contribution in [0.25, 0.3) is 0 Å². The maximum atomic E-state index is 12.8. The van der Waals surface area contributed by atoms with Crippen molar-refractivity contribution in [3.8, 4) is 0 Å². The van der Waals surface area contributed by atoms with Crippen molar-refractivity contribution in [1.29, 1.82) is 0 Å². The summed E-state index contributed by atoms with van der Waals surface area (Å²) in [5, 5.41) is 4.71. The highest BCUT2D eigenvalue weighted by Crippen LogP contribution is 2.28. The van der Waals surface area contributed by atoms with Gasteiger partial charge < -0.3 is 29.0 Å². The highest BCUT2D eigenvalue weighted by atomic mass is 16.7. The highest BCUT2D eigenvalue weighted by molar-refractivity contribution is 6.12. The van der Waals surface area contributed by atoms with E-state index in [4.69, 9.17) is 23.7 Å². The Labute approximate surface area is 206 Å². The maximum Gasteiger partial charge on any atom is 0.425 e. The zero-order valence-corrected chi connectivity index (χ0v) is 19.9. The molecule has 0 spiro atoms. The quantitative estimate of drug-likeness (QED) is 0.354. The minimum Gasteiger partial charge on any atom is -0.445 e. The number of imide groups is 1. The van der Waals surface area contributed by atoms with Gasteiger partial charge in [-0.1, -0.05) is 38.0 Å². The molecule has 1 atom stereocenters. The molecule has 1 aromatic heterocycles. The van der Waals surface area contributed by atoms with Crippen molar-refractivity contribution in [1.82, 2.24) is 9.97 Å². The lowest BCUT2D eigenvalue weighted by Gasteiger charge is -2.22. The Kier molecular flexibility index (Phi) is 10.1. The molecule has 14 heteroatoms. The Hall–Kier alpha value is -4.30. The van der Waals surface area contributed by atoms with E-state index < -0.39 is 41.9 Å². The van der Waals surface area contributed by atoms with Gasteiger partial charge in [-0.15, -0.1) is 0 Å². The lowest BCUT2D eigenvalue weighted by molar-refractivity contribution is -0.150. The number of carbonyl (C=O) groups excluding carboxylic acids is 4. The summed E-state index contributed by atoms with van der Waals surface area (Å²) >= 11 is 0. The fraction of sp³-hybridized carbons (Fsp3) is 0.364. The third-order valence-electron chi connectivity index (χ3n) is 4.10. The molecule has 36 heavy (non-hydrogen) atoms. The Morgan fingerprint density at radius 3 is 2.17 bits per heavy atom. The molecule has 0 aliphatic carbocycles. The molecule has 194 valence electrons. The molecule has 2 heterocycles. The molecule has 14 nitrogen and oxygen atoms in total. The van der Waals surface area contributed by atoms with E-state index in [1.54, 1.807) is 13.8 Å². The molecule has 0 radical (unpaired) electrons. The topological polar surface area (TPSA) is 168 Å². The van der Waals surface area contributed by atoms with Gasteiger partial charge in [-0.2, -0.15) is 9.88 Å². The smallest absolute Gasteiger partial charge is 0.425 e. The number of hydrogen-bond donors (Lipinski definition) is 2. The molecule has 2 rings (SSSR count). The van der Waals surface area contributed by atoms with Crippen LogP contribution in [-0.2, 0) is 28.5 Å². The molecule has 1 saturated heterocycles. The van der Waals surface area contributed by atoms with Crippen LogP contribution < -0.4 is 15.5 Å². The van der Waals surface area contributed by atoms with Crippen molar-refractivity contribution in [3.05, 3.63) is 44.2 Å². The summed E-state index contributed by atoms with van der Waals surface area (Å²) in [5.41, 5.74) is -0.204. The Morgan fingerprint density at radius 2 is 1.64 bits per heavy atom. The number of carbonyl (C=O) groups is 4. The van der Waals surface area contributed by atoms with Crippen LogP contribution in [0.1, 0.15) is 13.8 Å². The normalized spacial score (nSPS) is 15.7. The summed E-state index contributed by atoms with van der Waals surface area (Å²) in [6.45, 7) is 12.9. The van der Waals surface area contributed by atoms with Crippen LogP contribution >= 0.6 is 0 Å². The second-order valence-electron chi connectivity index (χ2n) is 7.32. The molecular formula is C22H27N5O9. The monoisotopic (exact) mass is 505 g/mol. The Bertz CT molecular complexity index is 1000. The second-order valence-corrected chi connectivity index (χ2v) is 7.32. The summed E-state index contributed by atoms with van der Waals surface area (Å²) in [5.74, 6) is -2.50. The zero-order chi connectivity index (χ0) is 26.7. The van der Waals surface area contributed by atoms with Crippen LogP contribution in [0.3, 0.4) is 0 Å². The van der Waals surface area contributed by atoms with Crippen molar-refractivity contribution >= 4 is 41.6 Å². The van der Waals surface area contributed by atoms with Gasteiger partial charge in [-0.25, -0.2) is 19.4 Å². The average molecular weight is 505 g/mol. The minimum atomic E-state index is -1.21. The number of rotatable bonds is 10. The van der Waals surface area contributed by atoms with Crippen LogP contribution in [0, 0.1) is 0 Å². The lowest BCUT2D eigenvalue weighted by atomic mass is 10.3. The Morgan fingerprint density at radius 1 is 1.06 bits per heavy atom. The van der Waals surface area contributed by atoms with E-state index in [1.807, 2.05) is 0 Å². The molecule has 1 fully saturated rings. The average Bonchev–Trinajstić information content (AvgIpc) is 3.21. The molecule has 0 unspecified atom stereocenters. The molecule has 0 saturated carbocycles. The molecule has 2 N–H and O–H groups in total. The van der Waals surface area contributed by atoms with Crippen molar-refractivity contribution in [3.63, 3.8) is 0 Å². The summed E-state index contributed by atoms with van der Waals surface area (Å²) in [7, 11) is 0. The van der Waals surface area contributed by atoms with Crippen LogP contribution in [0.4, 0.5) is 31.8 Å². The number of hydrogen-bond acceptors (Lipinski definition) is 11. The first-order chi connectivity index (χ1) is 17.1. The largest absolute Gasteiger partial charge is 0.445 e. The zero-order valence-electron chi connectivity index (χ0n) is 19.9. The van der Waals surface area contributed by atoms with Gasteiger partial charge in [0.05, 0.1) is 12.8 Å².